The molecule has 0 saturated heterocycles. The first kappa shape index (κ1) is 15.3. The van der Waals surface area contributed by atoms with E-state index in [1.807, 2.05) is 0 Å². The molecule has 21 heavy (non-hydrogen) atoms. The molecule has 9 heteroatoms. The molecule has 0 fully saturated rings. The first-order valence-corrected chi connectivity index (χ1v) is 7.83. The molecular formula is C12H9BrN2O5S. The predicted molar refractivity (Wildman–Crippen MR) is 79.7 cm³/mol. The van der Waals surface area contributed by atoms with Crippen molar-refractivity contribution >= 4 is 37.3 Å². The lowest BCUT2D eigenvalue weighted by Crippen LogP contribution is -2.13. The topological polar surface area (TPSA) is 110 Å². The van der Waals surface area contributed by atoms with Crippen molar-refractivity contribution in [2.75, 3.05) is 4.72 Å². The average Bonchev–Trinajstić information content (AvgIpc) is 2.43. The van der Waals surface area contributed by atoms with Gasteiger partial charge >= 0.3 is 0 Å². The van der Waals surface area contributed by atoms with Crippen molar-refractivity contribution in [2.24, 2.45) is 0 Å². The largest absolute Gasteiger partial charge is 0.506 e. The summed E-state index contributed by atoms with van der Waals surface area (Å²) in [6, 6.07) is 8.87. The van der Waals surface area contributed by atoms with Crippen LogP contribution in [-0.2, 0) is 10.0 Å². The highest BCUT2D eigenvalue weighted by Gasteiger charge is 2.19. The van der Waals surface area contributed by atoms with Gasteiger partial charge in [0.15, 0.2) is 0 Å². The van der Waals surface area contributed by atoms with Crippen LogP contribution in [0.4, 0.5) is 11.4 Å². The molecule has 2 aromatic carbocycles. The Balaban J connectivity index is 2.41. The summed E-state index contributed by atoms with van der Waals surface area (Å²) in [6.45, 7) is 0. The summed E-state index contributed by atoms with van der Waals surface area (Å²) in [5.41, 5.74) is -0.368. The van der Waals surface area contributed by atoms with E-state index in [0.29, 0.717) is 4.47 Å². The molecule has 0 aliphatic rings. The Bertz CT molecular complexity index is 807. The number of hydrogen-bond donors (Lipinski definition) is 2. The number of phenolic OH excluding ortho intramolecular Hbond substituents is 1. The maximum atomic E-state index is 12.2. The van der Waals surface area contributed by atoms with Crippen LogP contribution in [0.3, 0.4) is 0 Å². The van der Waals surface area contributed by atoms with E-state index in [9.17, 15) is 23.6 Å². The van der Waals surface area contributed by atoms with Crippen LogP contribution in [0.5, 0.6) is 5.75 Å². The van der Waals surface area contributed by atoms with E-state index in [1.165, 1.54) is 30.3 Å². The van der Waals surface area contributed by atoms with E-state index in [-0.39, 0.29) is 22.0 Å². The highest BCUT2D eigenvalue weighted by atomic mass is 79.9. The van der Waals surface area contributed by atoms with Gasteiger partial charge in [-0.3, -0.25) is 14.8 Å². The van der Waals surface area contributed by atoms with Crippen molar-refractivity contribution in [3.8, 4) is 5.75 Å². The number of sulfonamides is 1. The second kappa shape index (κ2) is 5.70. The second-order valence-electron chi connectivity index (χ2n) is 4.02. The van der Waals surface area contributed by atoms with Crippen LogP contribution < -0.4 is 4.72 Å². The monoisotopic (exact) mass is 372 g/mol. The normalized spacial score (nSPS) is 11.1. The summed E-state index contributed by atoms with van der Waals surface area (Å²) in [5, 5.41) is 20.3. The van der Waals surface area contributed by atoms with Crippen LogP contribution in [0.2, 0.25) is 0 Å². The zero-order valence-electron chi connectivity index (χ0n) is 10.4. The van der Waals surface area contributed by atoms with E-state index in [2.05, 4.69) is 20.7 Å². The van der Waals surface area contributed by atoms with Crippen molar-refractivity contribution in [3.63, 3.8) is 0 Å². The van der Waals surface area contributed by atoms with Gasteiger partial charge in [0.25, 0.3) is 15.7 Å². The lowest BCUT2D eigenvalue weighted by molar-refractivity contribution is -0.385. The first-order valence-electron chi connectivity index (χ1n) is 5.55. The third-order valence-corrected chi connectivity index (χ3v) is 4.40. The van der Waals surface area contributed by atoms with Crippen molar-refractivity contribution in [3.05, 3.63) is 57.1 Å². The molecule has 0 atom stereocenters. The third-order valence-electron chi connectivity index (χ3n) is 2.54. The number of phenols is 1. The average molecular weight is 373 g/mol. The SMILES string of the molecule is O=[N+]([O-])c1cccc(S(=O)(=O)Nc2cc(Br)ccc2O)c1. The fourth-order valence-corrected chi connectivity index (χ4v) is 3.02. The van der Waals surface area contributed by atoms with Crippen LogP contribution in [0.15, 0.2) is 51.8 Å². The Labute approximate surface area is 128 Å². The maximum Gasteiger partial charge on any atom is 0.270 e. The van der Waals surface area contributed by atoms with Gasteiger partial charge in [0, 0.05) is 16.6 Å². The molecule has 0 heterocycles. The lowest BCUT2D eigenvalue weighted by atomic mass is 10.3. The fraction of sp³-hybridized carbons (Fsp3) is 0. The maximum absolute atomic E-state index is 12.2. The molecule has 0 saturated carbocycles. The number of nitrogens with one attached hydrogen (secondary N) is 1. The number of non-ortho nitro benzene ring substituents is 1. The number of nitro groups is 1. The predicted octanol–water partition coefficient (Wildman–Crippen LogP) is 2.86. The van der Waals surface area contributed by atoms with Gasteiger partial charge in [0.05, 0.1) is 15.5 Å². The molecule has 0 aliphatic heterocycles. The fourth-order valence-electron chi connectivity index (χ4n) is 1.56. The summed E-state index contributed by atoms with van der Waals surface area (Å²) in [5.74, 6) is -0.257. The third kappa shape index (κ3) is 3.50. The molecule has 0 unspecified atom stereocenters. The number of hydrogen-bond acceptors (Lipinski definition) is 5. The zero-order valence-corrected chi connectivity index (χ0v) is 12.8. The Morgan fingerprint density at radius 3 is 2.57 bits per heavy atom. The number of nitrogens with zero attached hydrogens (tertiary/aromatic N) is 1. The molecule has 0 bridgehead atoms. The standard InChI is InChI=1S/C12H9BrN2O5S/c13-8-4-5-12(16)11(6-8)14-21(19,20)10-3-1-2-9(7-10)15(17)18/h1-7,14,16H. The summed E-state index contributed by atoms with van der Waals surface area (Å²) >= 11 is 3.16. The van der Waals surface area contributed by atoms with E-state index in [1.54, 1.807) is 6.07 Å². The van der Waals surface area contributed by atoms with Gasteiger partial charge in [-0.2, -0.15) is 0 Å². The van der Waals surface area contributed by atoms with Gasteiger partial charge in [0.2, 0.25) is 0 Å². The van der Waals surface area contributed by atoms with Gasteiger partial charge in [-0.1, -0.05) is 22.0 Å². The summed E-state index contributed by atoms with van der Waals surface area (Å²) < 4.78 is 27.1. The quantitative estimate of drug-likeness (QED) is 0.487. The number of nitro benzene ring substituents is 1. The molecule has 2 rings (SSSR count). The van der Waals surface area contributed by atoms with Crippen molar-refractivity contribution in [1.29, 1.82) is 0 Å². The number of aromatic hydroxyl groups is 1. The molecule has 0 aliphatic carbocycles. The highest BCUT2D eigenvalue weighted by Crippen LogP contribution is 2.29. The minimum absolute atomic E-state index is 0.0316. The van der Waals surface area contributed by atoms with Gasteiger partial charge in [-0.25, -0.2) is 8.42 Å². The van der Waals surface area contributed by atoms with Crippen LogP contribution in [0, 0.1) is 10.1 Å². The number of rotatable bonds is 4. The van der Waals surface area contributed by atoms with Crippen molar-refractivity contribution in [2.45, 2.75) is 4.90 Å². The van der Waals surface area contributed by atoms with Crippen molar-refractivity contribution < 1.29 is 18.4 Å². The van der Waals surface area contributed by atoms with E-state index in [4.69, 9.17) is 0 Å². The molecule has 0 amide bonds. The second-order valence-corrected chi connectivity index (χ2v) is 6.62. The Morgan fingerprint density at radius 2 is 1.90 bits per heavy atom. The van der Waals surface area contributed by atoms with Crippen LogP contribution >= 0.6 is 15.9 Å². The highest BCUT2D eigenvalue weighted by molar-refractivity contribution is 9.10. The van der Waals surface area contributed by atoms with E-state index < -0.39 is 14.9 Å². The molecule has 0 radical (unpaired) electrons. The molecule has 2 N–H and O–H groups in total. The molecule has 7 nitrogen and oxygen atoms in total. The lowest BCUT2D eigenvalue weighted by Gasteiger charge is -2.10. The minimum atomic E-state index is -4.04. The smallest absolute Gasteiger partial charge is 0.270 e. The number of benzene rings is 2. The Kier molecular flexibility index (Phi) is 4.14. The van der Waals surface area contributed by atoms with Crippen LogP contribution in [0.25, 0.3) is 0 Å². The minimum Gasteiger partial charge on any atom is -0.506 e. The van der Waals surface area contributed by atoms with Gasteiger partial charge in [-0.15, -0.1) is 0 Å². The van der Waals surface area contributed by atoms with Gasteiger partial charge in [-0.05, 0) is 24.3 Å². The van der Waals surface area contributed by atoms with Gasteiger partial charge in [0.1, 0.15) is 5.75 Å². The molecule has 110 valence electrons. The molecular weight excluding hydrogens is 364 g/mol. The van der Waals surface area contributed by atoms with Crippen LogP contribution in [-0.4, -0.2) is 18.4 Å². The summed E-state index contributed by atoms with van der Waals surface area (Å²) in [4.78, 5) is 9.73. The van der Waals surface area contributed by atoms with Gasteiger partial charge < -0.3 is 5.11 Å². The summed E-state index contributed by atoms with van der Waals surface area (Å²) in [6.07, 6.45) is 0. The van der Waals surface area contributed by atoms with Crippen LogP contribution in [0.1, 0.15) is 0 Å². The number of halogens is 1. The van der Waals surface area contributed by atoms with E-state index >= 15 is 0 Å². The van der Waals surface area contributed by atoms with Crippen molar-refractivity contribution in [1.82, 2.24) is 0 Å². The summed E-state index contributed by atoms with van der Waals surface area (Å²) in [7, 11) is -4.04. The molecule has 0 spiro atoms. The van der Waals surface area contributed by atoms with E-state index in [0.717, 1.165) is 6.07 Å². The molecule has 2 aromatic rings. The number of anilines is 1. The Morgan fingerprint density at radius 1 is 1.19 bits per heavy atom. The molecule has 0 aromatic heterocycles. The Hall–Kier alpha value is -2.13. The first-order chi connectivity index (χ1) is 9.79. The zero-order chi connectivity index (χ0) is 15.6.